The van der Waals surface area contributed by atoms with Gasteiger partial charge in [-0.05, 0) is 28.4 Å². The summed E-state index contributed by atoms with van der Waals surface area (Å²) in [6, 6.07) is 12.5. The minimum absolute atomic E-state index is 0.0259. The summed E-state index contributed by atoms with van der Waals surface area (Å²) in [6.45, 7) is -0.206. The zero-order valence-corrected chi connectivity index (χ0v) is 15.1. The first-order valence-electron chi connectivity index (χ1n) is 8.63. The number of nitrogens with one attached hydrogen (secondary N) is 2. The molecule has 1 unspecified atom stereocenters. The maximum atomic E-state index is 12.7. The molecule has 29 heavy (non-hydrogen) atoms. The van der Waals surface area contributed by atoms with Gasteiger partial charge in [0.05, 0.1) is 5.56 Å². The SMILES string of the molecule is O=C(Nc1cccc(C(F)(F)F)c1)Nc1c[n+](C(CO)Cc2ccccc2)no1. The van der Waals surface area contributed by atoms with E-state index in [9.17, 15) is 23.1 Å². The molecule has 0 radical (unpaired) electrons. The van der Waals surface area contributed by atoms with Gasteiger partial charge in [-0.15, -0.1) is 0 Å². The lowest BCUT2D eigenvalue weighted by Crippen LogP contribution is -2.43. The van der Waals surface area contributed by atoms with Crippen LogP contribution in [-0.4, -0.2) is 23.0 Å². The topological polar surface area (TPSA) is 91.3 Å². The molecule has 0 aliphatic heterocycles. The van der Waals surface area contributed by atoms with Gasteiger partial charge in [0.25, 0.3) is 6.20 Å². The molecule has 7 nitrogen and oxygen atoms in total. The third-order valence-electron chi connectivity index (χ3n) is 4.07. The van der Waals surface area contributed by atoms with Crippen molar-refractivity contribution in [3.8, 4) is 0 Å². The van der Waals surface area contributed by atoms with Crippen LogP contribution < -0.4 is 15.3 Å². The zero-order chi connectivity index (χ0) is 20.9. The number of rotatable bonds is 6. The van der Waals surface area contributed by atoms with Crippen molar-refractivity contribution in [3.63, 3.8) is 0 Å². The fourth-order valence-corrected chi connectivity index (χ4v) is 2.66. The Hall–Kier alpha value is -3.40. The third-order valence-corrected chi connectivity index (χ3v) is 4.07. The summed E-state index contributed by atoms with van der Waals surface area (Å²) in [5.74, 6) is -0.0269. The Balaban J connectivity index is 1.63. The molecular formula is C19H18F3N4O3+. The lowest BCUT2D eigenvalue weighted by Gasteiger charge is -2.09. The normalized spacial score (nSPS) is 12.4. The van der Waals surface area contributed by atoms with Gasteiger partial charge in [-0.3, -0.25) is 9.84 Å². The van der Waals surface area contributed by atoms with Gasteiger partial charge in [-0.1, -0.05) is 36.4 Å². The molecule has 1 aromatic heterocycles. The van der Waals surface area contributed by atoms with E-state index in [-0.39, 0.29) is 18.2 Å². The molecular weight excluding hydrogens is 389 g/mol. The number of carbonyl (C=O) groups is 1. The minimum Gasteiger partial charge on any atom is -0.389 e. The van der Waals surface area contributed by atoms with Crippen LogP contribution in [0.3, 0.4) is 0 Å². The second-order valence-electron chi connectivity index (χ2n) is 6.23. The van der Waals surface area contributed by atoms with Gasteiger partial charge in [0.2, 0.25) is 11.3 Å². The minimum atomic E-state index is -4.51. The quantitative estimate of drug-likeness (QED) is 0.546. The van der Waals surface area contributed by atoms with Crippen LogP contribution in [0.5, 0.6) is 0 Å². The highest BCUT2D eigenvalue weighted by molar-refractivity contribution is 5.98. The molecule has 0 bridgehead atoms. The molecule has 0 saturated carbocycles. The smallest absolute Gasteiger partial charge is 0.389 e. The first-order valence-corrected chi connectivity index (χ1v) is 8.63. The summed E-state index contributed by atoms with van der Waals surface area (Å²) >= 11 is 0. The molecule has 3 aromatic rings. The van der Waals surface area contributed by atoms with Crippen molar-refractivity contribution < 1.29 is 32.3 Å². The maximum Gasteiger partial charge on any atom is 0.416 e. The fourth-order valence-electron chi connectivity index (χ4n) is 2.66. The molecule has 2 aromatic carbocycles. The summed E-state index contributed by atoms with van der Waals surface area (Å²) < 4.78 is 44.6. The van der Waals surface area contributed by atoms with Gasteiger partial charge in [-0.2, -0.15) is 13.2 Å². The van der Waals surface area contributed by atoms with E-state index < -0.39 is 23.8 Å². The Labute approximate surface area is 163 Å². The number of benzene rings is 2. The van der Waals surface area contributed by atoms with Crippen LogP contribution in [0.2, 0.25) is 0 Å². The molecule has 1 atom stereocenters. The van der Waals surface area contributed by atoms with Crippen LogP contribution in [0.1, 0.15) is 17.2 Å². The van der Waals surface area contributed by atoms with Crippen molar-refractivity contribution in [1.82, 2.24) is 5.27 Å². The van der Waals surface area contributed by atoms with Gasteiger partial charge in [0.15, 0.2) is 0 Å². The van der Waals surface area contributed by atoms with Gasteiger partial charge in [0.1, 0.15) is 6.61 Å². The van der Waals surface area contributed by atoms with Gasteiger partial charge in [-0.25, -0.2) is 4.79 Å². The Morgan fingerprint density at radius 2 is 1.90 bits per heavy atom. The molecule has 0 saturated heterocycles. The molecule has 0 spiro atoms. The van der Waals surface area contributed by atoms with E-state index in [4.69, 9.17) is 4.52 Å². The standard InChI is InChI=1S/C19H17F3N4O3/c20-19(21,22)14-7-4-8-15(10-14)23-18(28)24-17-11-26(25-29-17)16(12-27)9-13-5-2-1-3-6-13/h1-8,10-11,16,27H,9,12H2,(H-,23,24,25,28)/p+1. The number of urea groups is 1. The number of anilines is 2. The van der Waals surface area contributed by atoms with Crippen LogP contribution in [0.15, 0.2) is 65.3 Å². The lowest BCUT2D eigenvalue weighted by molar-refractivity contribution is -0.786. The Morgan fingerprint density at radius 3 is 2.59 bits per heavy atom. The molecule has 10 heteroatoms. The summed E-state index contributed by atoms with van der Waals surface area (Å²) in [5, 5.41) is 18.1. The van der Waals surface area contributed by atoms with E-state index in [1.165, 1.54) is 23.0 Å². The average Bonchev–Trinajstić information content (AvgIpc) is 3.14. The number of aliphatic hydroxyl groups is 1. The highest BCUT2D eigenvalue weighted by atomic mass is 19.4. The first-order chi connectivity index (χ1) is 13.8. The molecule has 1 heterocycles. The maximum absolute atomic E-state index is 12.7. The summed E-state index contributed by atoms with van der Waals surface area (Å²) in [6.07, 6.45) is -2.64. The van der Waals surface area contributed by atoms with Crippen molar-refractivity contribution in [2.24, 2.45) is 0 Å². The lowest BCUT2D eigenvalue weighted by atomic mass is 10.1. The second kappa shape index (κ2) is 8.74. The summed E-state index contributed by atoms with van der Waals surface area (Å²) in [7, 11) is 0. The van der Waals surface area contributed by atoms with Gasteiger partial charge < -0.3 is 10.4 Å². The molecule has 0 fully saturated rings. The first kappa shape index (κ1) is 20.3. The number of amides is 2. The second-order valence-corrected chi connectivity index (χ2v) is 6.23. The van der Waals surface area contributed by atoms with Crippen LogP contribution >= 0.6 is 0 Å². The van der Waals surface area contributed by atoms with Crippen molar-refractivity contribution >= 4 is 17.6 Å². The van der Waals surface area contributed by atoms with E-state index in [1.54, 1.807) is 0 Å². The van der Waals surface area contributed by atoms with Crippen LogP contribution in [0, 0.1) is 0 Å². The number of hydrogen-bond acceptors (Lipinski definition) is 4. The number of nitrogens with zero attached hydrogens (tertiary/aromatic N) is 2. The van der Waals surface area contributed by atoms with E-state index in [0.717, 1.165) is 17.7 Å². The molecule has 3 rings (SSSR count). The number of hydrogen-bond donors (Lipinski definition) is 3. The Bertz CT molecular complexity index is 961. The van der Waals surface area contributed by atoms with E-state index in [0.29, 0.717) is 6.42 Å². The third kappa shape index (κ3) is 5.55. The number of carbonyl (C=O) groups excluding carboxylic acids is 1. The summed E-state index contributed by atoms with van der Waals surface area (Å²) in [4.78, 5) is 12.0. The average molecular weight is 407 g/mol. The predicted octanol–water partition coefficient (Wildman–Crippen LogP) is 3.40. The van der Waals surface area contributed by atoms with Crippen molar-refractivity contribution in [3.05, 3.63) is 71.9 Å². The van der Waals surface area contributed by atoms with E-state index in [1.807, 2.05) is 30.3 Å². The zero-order valence-electron chi connectivity index (χ0n) is 15.1. The molecule has 152 valence electrons. The number of aliphatic hydroxyl groups excluding tert-OH is 1. The predicted molar refractivity (Wildman–Crippen MR) is 97.1 cm³/mol. The van der Waals surface area contributed by atoms with Crippen LogP contribution in [0.4, 0.5) is 29.5 Å². The molecule has 0 aliphatic carbocycles. The monoisotopic (exact) mass is 407 g/mol. The van der Waals surface area contributed by atoms with Gasteiger partial charge >= 0.3 is 18.1 Å². The highest BCUT2D eigenvalue weighted by Gasteiger charge is 2.30. The van der Waals surface area contributed by atoms with Crippen LogP contribution in [-0.2, 0) is 12.6 Å². The van der Waals surface area contributed by atoms with E-state index in [2.05, 4.69) is 15.9 Å². The van der Waals surface area contributed by atoms with Crippen molar-refractivity contribution in [2.75, 3.05) is 17.2 Å². The largest absolute Gasteiger partial charge is 0.416 e. The van der Waals surface area contributed by atoms with Crippen LogP contribution in [0.25, 0.3) is 0 Å². The number of alkyl halides is 3. The van der Waals surface area contributed by atoms with Crippen molar-refractivity contribution in [1.29, 1.82) is 0 Å². The molecule has 3 N–H and O–H groups in total. The summed E-state index contributed by atoms with van der Waals surface area (Å²) in [5.41, 5.74) is 0.0837. The Morgan fingerprint density at radius 1 is 1.14 bits per heavy atom. The Kier molecular flexibility index (Phi) is 6.13. The number of aromatic nitrogens is 2. The van der Waals surface area contributed by atoms with Crippen molar-refractivity contribution in [2.45, 2.75) is 18.6 Å². The fraction of sp³-hybridized carbons (Fsp3) is 0.211. The molecule has 0 aliphatic rings. The highest BCUT2D eigenvalue weighted by Crippen LogP contribution is 2.30. The van der Waals surface area contributed by atoms with Gasteiger partial charge in [0, 0.05) is 12.1 Å². The van der Waals surface area contributed by atoms with E-state index >= 15 is 0 Å². The molecule has 2 amide bonds. The number of halogens is 3.